The molecule has 32 heavy (non-hydrogen) atoms. The van der Waals surface area contributed by atoms with Gasteiger partial charge in [0.05, 0.1) is 14.2 Å². The lowest BCUT2D eigenvalue weighted by atomic mass is 9.68. The SMILES string of the molecule is COc1ccc([C@@]23CCC(OC(=O)Nc4cc(Cl)cc(Cl)c4)=C[C@@H]2N(C)CC3)cc1OC. The van der Waals surface area contributed by atoms with E-state index in [1.165, 1.54) is 5.56 Å². The molecule has 0 unspecified atom stereocenters. The first kappa shape index (κ1) is 22.8. The molecule has 1 heterocycles. The minimum absolute atomic E-state index is 0.0713. The van der Waals surface area contributed by atoms with Gasteiger partial charge in [-0.1, -0.05) is 29.3 Å². The number of benzene rings is 2. The molecule has 2 atom stereocenters. The Balaban J connectivity index is 1.55. The molecule has 6 nitrogen and oxygen atoms in total. The minimum atomic E-state index is -0.561. The number of hydrogen-bond donors (Lipinski definition) is 1. The van der Waals surface area contributed by atoms with E-state index >= 15 is 0 Å². The van der Waals surface area contributed by atoms with E-state index in [0.717, 1.165) is 25.1 Å². The molecule has 0 bridgehead atoms. The minimum Gasteiger partial charge on any atom is -0.493 e. The van der Waals surface area contributed by atoms with Crippen LogP contribution in [0.5, 0.6) is 11.5 Å². The highest BCUT2D eigenvalue weighted by Crippen LogP contribution is 2.49. The van der Waals surface area contributed by atoms with Gasteiger partial charge >= 0.3 is 6.09 Å². The maximum atomic E-state index is 12.5. The number of hydrogen-bond acceptors (Lipinski definition) is 5. The molecular formula is C24H26Cl2N2O4. The average molecular weight is 477 g/mol. The molecule has 2 aromatic carbocycles. The molecule has 1 amide bonds. The van der Waals surface area contributed by atoms with Crippen LogP contribution in [0.2, 0.25) is 10.0 Å². The number of methoxy groups -OCH3 is 2. The molecule has 1 aliphatic heterocycles. The summed E-state index contributed by atoms with van der Waals surface area (Å²) in [7, 11) is 5.38. The fraction of sp³-hybridized carbons (Fsp3) is 0.375. The molecule has 4 rings (SSSR count). The Morgan fingerprint density at radius 1 is 1.06 bits per heavy atom. The monoisotopic (exact) mass is 476 g/mol. The van der Waals surface area contributed by atoms with Gasteiger partial charge in [-0.2, -0.15) is 0 Å². The topological polar surface area (TPSA) is 60.0 Å². The Hall–Kier alpha value is -2.41. The second-order valence-corrected chi connectivity index (χ2v) is 9.08. The third kappa shape index (κ3) is 4.40. The van der Waals surface area contributed by atoms with Crippen LogP contribution in [-0.4, -0.2) is 44.8 Å². The first-order valence-electron chi connectivity index (χ1n) is 10.4. The number of fused-ring (bicyclic) bond motifs is 1. The van der Waals surface area contributed by atoms with Crippen LogP contribution in [0.4, 0.5) is 10.5 Å². The third-order valence-corrected chi connectivity index (χ3v) is 6.84. The number of anilines is 1. The molecule has 1 saturated heterocycles. The Labute approximate surface area is 198 Å². The van der Waals surface area contributed by atoms with Gasteiger partial charge in [0.2, 0.25) is 0 Å². The van der Waals surface area contributed by atoms with Crippen molar-refractivity contribution in [2.45, 2.75) is 30.7 Å². The van der Waals surface area contributed by atoms with Gasteiger partial charge in [-0.05, 0) is 68.4 Å². The Morgan fingerprint density at radius 3 is 2.47 bits per heavy atom. The lowest BCUT2D eigenvalue weighted by molar-refractivity contribution is 0.174. The Bertz CT molecular complexity index is 1040. The first-order chi connectivity index (χ1) is 15.3. The number of halogens is 2. The van der Waals surface area contributed by atoms with Gasteiger partial charge in [0.25, 0.3) is 0 Å². The van der Waals surface area contributed by atoms with Gasteiger partial charge in [0.15, 0.2) is 11.5 Å². The smallest absolute Gasteiger partial charge is 0.416 e. The van der Waals surface area contributed by atoms with Crippen LogP contribution in [-0.2, 0) is 10.2 Å². The molecule has 1 aliphatic carbocycles. The molecule has 0 spiro atoms. The van der Waals surface area contributed by atoms with Crippen molar-refractivity contribution in [2.75, 3.05) is 33.1 Å². The summed E-state index contributed by atoms with van der Waals surface area (Å²) in [6.07, 6.45) is 4.04. The predicted molar refractivity (Wildman–Crippen MR) is 126 cm³/mol. The van der Waals surface area contributed by atoms with E-state index < -0.39 is 6.09 Å². The van der Waals surface area contributed by atoms with Crippen LogP contribution in [0.15, 0.2) is 48.2 Å². The molecule has 8 heteroatoms. The third-order valence-electron chi connectivity index (χ3n) is 6.40. The Morgan fingerprint density at radius 2 is 1.78 bits per heavy atom. The van der Waals surface area contributed by atoms with Crippen molar-refractivity contribution in [2.24, 2.45) is 0 Å². The highest BCUT2D eigenvalue weighted by Gasteiger charge is 2.48. The van der Waals surface area contributed by atoms with Crippen LogP contribution < -0.4 is 14.8 Å². The lowest BCUT2D eigenvalue weighted by Gasteiger charge is -2.40. The average Bonchev–Trinajstić information content (AvgIpc) is 3.09. The van der Waals surface area contributed by atoms with Crippen LogP contribution >= 0.6 is 23.2 Å². The molecule has 0 saturated carbocycles. The summed E-state index contributed by atoms with van der Waals surface area (Å²) in [5, 5.41) is 3.58. The zero-order chi connectivity index (χ0) is 22.9. The molecule has 170 valence electrons. The standard InChI is InChI=1S/C24H26Cl2N2O4/c1-28-9-8-24(15-4-5-20(30-2)21(10-15)31-3)7-6-19(14-22(24)28)32-23(29)27-18-12-16(25)11-17(26)13-18/h4-5,10-14,22H,6-9H2,1-3H3,(H,27,29)/t22-,24-/m0/s1. The van der Waals surface area contributed by atoms with Crippen LogP contribution in [0.3, 0.4) is 0 Å². The summed E-state index contributed by atoms with van der Waals surface area (Å²) in [6, 6.07) is 11.1. The number of carbonyl (C=O) groups excluding carboxylic acids is 1. The van der Waals surface area contributed by atoms with Crippen LogP contribution in [0.1, 0.15) is 24.8 Å². The molecular weight excluding hydrogens is 451 g/mol. The summed E-state index contributed by atoms with van der Waals surface area (Å²) in [5.41, 5.74) is 1.62. The van der Waals surface area contributed by atoms with E-state index in [1.807, 2.05) is 6.07 Å². The number of nitrogens with one attached hydrogen (secondary N) is 1. The fourth-order valence-electron chi connectivity index (χ4n) is 4.83. The normalized spacial score (nSPS) is 22.7. The summed E-state index contributed by atoms with van der Waals surface area (Å²) in [4.78, 5) is 14.8. The van der Waals surface area contributed by atoms with E-state index in [0.29, 0.717) is 33.7 Å². The second kappa shape index (κ2) is 9.22. The van der Waals surface area contributed by atoms with Crippen molar-refractivity contribution in [3.8, 4) is 11.5 Å². The summed E-state index contributed by atoms with van der Waals surface area (Å²) < 4.78 is 16.6. The molecule has 1 fully saturated rings. The van der Waals surface area contributed by atoms with E-state index in [-0.39, 0.29) is 11.5 Å². The zero-order valence-corrected chi connectivity index (χ0v) is 19.8. The highest BCUT2D eigenvalue weighted by molar-refractivity contribution is 6.35. The number of amides is 1. The maximum Gasteiger partial charge on any atom is 0.416 e. The van der Waals surface area contributed by atoms with E-state index in [1.54, 1.807) is 32.4 Å². The van der Waals surface area contributed by atoms with Gasteiger partial charge < -0.3 is 14.2 Å². The van der Waals surface area contributed by atoms with E-state index in [9.17, 15) is 4.79 Å². The Kier molecular flexibility index (Phi) is 6.56. The lowest BCUT2D eigenvalue weighted by Crippen LogP contribution is -2.42. The van der Waals surface area contributed by atoms with Crippen LogP contribution in [0, 0.1) is 0 Å². The van der Waals surface area contributed by atoms with Gasteiger partial charge in [-0.25, -0.2) is 4.79 Å². The first-order valence-corrected chi connectivity index (χ1v) is 11.2. The molecule has 2 aliphatic rings. The predicted octanol–water partition coefficient (Wildman–Crippen LogP) is 5.88. The largest absolute Gasteiger partial charge is 0.493 e. The van der Waals surface area contributed by atoms with Crippen molar-refractivity contribution >= 4 is 35.0 Å². The van der Waals surface area contributed by atoms with E-state index in [2.05, 4.69) is 35.5 Å². The van der Waals surface area contributed by atoms with Gasteiger partial charge in [-0.15, -0.1) is 0 Å². The number of nitrogens with zero attached hydrogens (tertiary/aromatic N) is 1. The number of likely N-dealkylation sites (tertiary alicyclic amines) is 1. The van der Waals surface area contributed by atoms with Crippen molar-refractivity contribution < 1.29 is 19.0 Å². The van der Waals surface area contributed by atoms with Crippen LogP contribution in [0.25, 0.3) is 0 Å². The summed E-state index contributed by atoms with van der Waals surface area (Å²) in [5.74, 6) is 2.09. The number of likely N-dealkylation sites (N-methyl/N-ethyl adjacent to an activating group) is 1. The molecule has 1 N–H and O–H groups in total. The van der Waals surface area contributed by atoms with Crippen molar-refractivity contribution in [3.05, 3.63) is 63.8 Å². The quantitative estimate of drug-likeness (QED) is 0.583. The maximum absolute atomic E-state index is 12.5. The number of carbonyl (C=O) groups is 1. The molecule has 0 aromatic heterocycles. The zero-order valence-electron chi connectivity index (χ0n) is 18.3. The van der Waals surface area contributed by atoms with Crippen molar-refractivity contribution in [1.82, 2.24) is 4.90 Å². The number of ether oxygens (including phenoxy) is 3. The molecule has 0 radical (unpaired) electrons. The summed E-state index contributed by atoms with van der Waals surface area (Å²) >= 11 is 12.0. The highest BCUT2D eigenvalue weighted by atomic mass is 35.5. The number of allylic oxidation sites excluding steroid dienone is 1. The van der Waals surface area contributed by atoms with Crippen molar-refractivity contribution in [1.29, 1.82) is 0 Å². The van der Waals surface area contributed by atoms with Crippen molar-refractivity contribution in [3.63, 3.8) is 0 Å². The number of rotatable bonds is 5. The van der Waals surface area contributed by atoms with E-state index in [4.69, 9.17) is 37.4 Å². The second-order valence-electron chi connectivity index (χ2n) is 8.21. The molecule has 2 aromatic rings. The van der Waals surface area contributed by atoms with Gasteiger partial charge in [0, 0.05) is 33.6 Å². The van der Waals surface area contributed by atoms with Gasteiger partial charge in [0.1, 0.15) is 5.76 Å². The van der Waals surface area contributed by atoms with Gasteiger partial charge in [-0.3, -0.25) is 10.2 Å². The fourth-order valence-corrected chi connectivity index (χ4v) is 5.35. The summed E-state index contributed by atoms with van der Waals surface area (Å²) in [6.45, 7) is 0.954.